The lowest BCUT2D eigenvalue weighted by Gasteiger charge is -2.17. The first kappa shape index (κ1) is 18.5. The Hall–Kier alpha value is -3.34. The first-order chi connectivity index (χ1) is 13.2. The Morgan fingerprint density at radius 2 is 1.81 bits per heavy atom. The molecule has 0 saturated carbocycles. The monoisotopic (exact) mass is 361 g/mol. The molecule has 0 bridgehead atoms. The number of nitrogens with zero attached hydrogens (tertiary/aromatic N) is 2. The van der Waals surface area contributed by atoms with Crippen molar-refractivity contribution in [3.8, 4) is 5.75 Å². The molecule has 3 rings (SSSR count). The van der Waals surface area contributed by atoms with Gasteiger partial charge in [-0.05, 0) is 36.8 Å². The number of nitrogens with one attached hydrogen (secondary N) is 1. The number of amides is 1. The van der Waals surface area contributed by atoms with Crippen LogP contribution in [0.4, 0.5) is 11.4 Å². The van der Waals surface area contributed by atoms with Crippen LogP contribution in [-0.2, 0) is 6.54 Å². The molecule has 138 valence electrons. The minimum atomic E-state index is -0.124. The molecular weight excluding hydrogens is 338 g/mol. The molecule has 27 heavy (non-hydrogen) atoms. The fourth-order valence-electron chi connectivity index (χ4n) is 2.76. The van der Waals surface area contributed by atoms with Crippen LogP contribution < -0.4 is 10.1 Å². The molecule has 0 spiro atoms. The molecule has 0 aliphatic carbocycles. The van der Waals surface area contributed by atoms with Gasteiger partial charge in [0.05, 0.1) is 12.3 Å². The van der Waals surface area contributed by atoms with Crippen molar-refractivity contribution in [3.05, 3.63) is 84.2 Å². The van der Waals surface area contributed by atoms with Gasteiger partial charge < -0.3 is 15.0 Å². The van der Waals surface area contributed by atoms with Crippen molar-refractivity contribution in [2.24, 2.45) is 0 Å². The van der Waals surface area contributed by atoms with Gasteiger partial charge in [0.15, 0.2) is 0 Å². The summed E-state index contributed by atoms with van der Waals surface area (Å²) in [4.78, 5) is 18.6. The predicted octanol–water partition coefficient (Wildman–Crippen LogP) is 4.50. The maximum absolute atomic E-state index is 12.7. The van der Waals surface area contributed by atoms with Crippen molar-refractivity contribution in [2.75, 3.05) is 19.0 Å². The molecule has 0 atom stereocenters. The number of ether oxygens (including phenoxy) is 1. The van der Waals surface area contributed by atoms with E-state index in [1.54, 1.807) is 24.2 Å². The van der Waals surface area contributed by atoms with Crippen LogP contribution in [0.3, 0.4) is 0 Å². The van der Waals surface area contributed by atoms with Crippen LogP contribution in [-0.4, -0.2) is 29.4 Å². The average molecular weight is 361 g/mol. The fraction of sp³-hybridized carbons (Fsp3) is 0.182. The van der Waals surface area contributed by atoms with Crippen molar-refractivity contribution in [2.45, 2.75) is 13.5 Å². The Morgan fingerprint density at radius 3 is 2.59 bits per heavy atom. The zero-order valence-corrected chi connectivity index (χ0v) is 15.6. The van der Waals surface area contributed by atoms with Gasteiger partial charge in [0.1, 0.15) is 11.4 Å². The number of pyridine rings is 1. The minimum Gasteiger partial charge on any atom is -0.492 e. The van der Waals surface area contributed by atoms with Gasteiger partial charge in [-0.2, -0.15) is 0 Å². The van der Waals surface area contributed by atoms with Gasteiger partial charge in [-0.1, -0.05) is 42.5 Å². The highest BCUT2D eigenvalue weighted by Gasteiger charge is 2.14. The molecule has 3 aromatic rings. The van der Waals surface area contributed by atoms with Crippen LogP contribution >= 0.6 is 0 Å². The Morgan fingerprint density at radius 1 is 1.07 bits per heavy atom. The molecule has 5 nitrogen and oxygen atoms in total. The zero-order valence-electron chi connectivity index (χ0n) is 15.6. The van der Waals surface area contributed by atoms with Gasteiger partial charge in [0.2, 0.25) is 0 Å². The number of hydrogen-bond donors (Lipinski definition) is 1. The normalized spacial score (nSPS) is 10.3. The third-order valence-electron chi connectivity index (χ3n) is 4.05. The lowest BCUT2D eigenvalue weighted by Crippen LogP contribution is -2.27. The highest BCUT2D eigenvalue weighted by molar-refractivity contribution is 5.93. The quantitative estimate of drug-likeness (QED) is 0.673. The predicted molar refractivity (Wildman–Crippen MR) is 107 cm³/mol. The Balaban J connectivity index is 1.74. The summed E-state index contributed by atoms with van der Waals surface area (Å²) in [6, 6.07) is 21.2. The molecule has 2 aromatic carbocycles. The van der Waals surface area contributed by atoms with Gasteiger partial charge >= 0.3 is 0 Å². The standard InChI is InChI=1S/C22H23N3O2/c1-3-27-21-12-8-7-11-19(21)24-18-13-14-23-20(15-18)22(26)25(2)16-17-9-5-4-6-10-17/h4-15H,3,16H2,1-2H3,(H,23,24). The van der Waals surface area contributed by atoms with Crippen LogP contribution in [0.1, 0.15) is 23.0 Å². The number of carbonyl (C=O) groups excluding carboxylic acids is 1. The van der Waals surface area contributed by atoms with E-state index in [-0.39, 0.29) is 5.91 Å². The molecule has 0 fully saturated rings. The summed E-state index contributed by atoms with van der Waals surface area (Å²) >= 11 is 0. The second-order valence-corrected chi connectivity index (χ2v) is 6.13. The molecule has 0 aliphatic heterocycles. The summed E-state index contributed by atoms with van der Waals surface area (Å²) in [5.74, 6) is 0.645. The van der Waals surface area contributed by atoms with E-state index in [2.05, 4.69) is 10.3 Å². The van der Waals surface area contributed by atoms with E-state index < -0.39 is 0 Å². The topological polar surface area (TPSA) is 54.5 Å². The molecule has 0 radical (unpaired) electrons. The van der Waals surface area contributed by atoms with Crippen LogP contribution in [0.5, 0.6) is 5.75 Å². The molecule has 0 saturated heterocycles. The number of rotatable bonds is 7. The number of hydrogen-bond acceptors (Lipinski definition) is 4. The van der Waals surface area contributed by atoms with E-state index in [1.807, 2.05) is 67.6 Å². The van der Waals surface area contributed by atoms with Crippen molar-refractivity contribution >= 4 is 17.3 Å². The first-order valence-corrected chi connectivity index (χ1v) is 8.91. The third-order valence-corrected chi connectivity index (χ3v) is 4.05. The van der Waals surface area contributed by atoms with Crippen LogP contribution in [0, 0.1) is 0 Å². The summed E-state index contributed by atoms with van der Waals surface area (Å²) in [6.45, 7) is 3.07. The maximum atomic E-state index is 12.7. The van der Waals surface area contributed by atoms with E-state index in [0.29, 0.717) is 18.8 Å². The van der Waals surface area contributed by atoms with E-state index in [4.69, 9.17) is 4.74 Å². The van der Waals surface area contributed by atoms with E-state index in [0.717, 1.165) is 22.7 Å². The molecule has 1 amide bonds. The third kappa shape index (κ3) is 4.85. The van der Waals surface area contributed by atoms with Crippen molar-refractivity contribution in [1.82, 2.24) is 9.88 Å². The summed E-state index contributed by atoms with van der Waals surface area (Å²) in [5.41, 5.74) is 3.11. The van der Waals surface area contributed by atoms with Crippen LogP contribution in [0.2, 0.25) is 0 Å². The summed E-state index contributed by atoms with van der Waals surface area (Å²) in [5, 5.41) is 3.31. The SMILES string of the molecule is CCOc1ccccc1Nc1ccnc(C(=O)N(C)Cc2ccccc2)c1. The fourth-order valence-corrected chi connectivity index (χ4v) is 2.76. The van der Waals surface area contributed by atoms with Crippen molar-refractivity contribution in [3.63, 3.8) is 0 Å². The highest BCUT2D eigenvalue weighted by Crippen LogP contribution is 2.27. The molecular formula is C22H23N3O2. The van der Waals surface area contributed by atoms with E-state index in [1.165, 1.54) is 0 Å². The van der Waals surface area contributed by atoms with Gasteiger partial charge in [0.25, 0.3) is 5.91 Å². The number of benzene rings is 2. The second-order valence-electron chi connectivity index (χ2n) is 6.13. The number of aromatic nitrogens is 1. The lowest BCUT2D eigenvalue weighted by molar-refractivity contribution is 0.0779. The molecule has 1 aromatic heterocycles. The van der Waals surface area contributed by atoms with Crippen molar-refractivity contribution < 1.29 is 9.53 Å². The molecule has 1 heterocycles. The largest absolute Gasteiger partial charge is 0.492 e. The molecule has 1 N–H and O–H groups in total. The zero-order chi connectivity index (χ0) is 19.1. The van der Waals surface area contributed by atoms with Gasteiger partial charge in [-0.15, -0.1) is 0 Å². The number of para-hydroxylation sites is 2. The lowest BCUT2D eigenvalue weighted by atomic mass is 10.2. The van der Waals surface area contributed by atoms with Gasteiger partial charge in [-0.25, -0.2) is 0 Å². The smallest absolute Gasteiger partial charge is 0.272 e. The summed E-state index contributed by atoms with van der Waals surface area (Å²) in [7, 11) is 1.78. The average Bonchev–Trinajstić information content (AvgIpc) is 2.70. The molecule has 0 aliphatic rings. The highest BCUT2D eigenvalue weighted by atomic mass is 16.5. The molecule has 0 unspecified atom stereocenters. The second kappa shape index (κ2) is 8.85. The van der Waals surface area contributed by atoms with Crippen LogP contribution in [0.25, 0.3) is 0 Å². The summed E-state index contributed by atoms with van der Waals surface area (Å²) < 4.78 is 5.64. The number of anilines is 2. The Bertz CT molecular complexity index is 897. The van der Waals surface area contributed by atoms with Crippen LogP contribution in [0.15, 0.2) is 72.9 Å². The van der Waals surface area contributed by atoms with Gasteiger partial charge in [-0.3, -0.25) is 9.78 Å². The summed E-state index contributed by atoms with van der Waals surface area (Å²) in [6.07, 6.45) is 1.63. The Kier molecular flexibility index (Phi) is 6.05. The van der Waals surface area contributed by atoms with Gasteiger partial charge in [0, 0.05) is 25.5 Å². The van der Waals surface area contributed by atoms with E-state index in [9.17, 15) is 4.79 Å². The minimum absolute atomic E-state index is 0.124. The van der Waals surface area contributed by atoms with E-state index >= 15 is 0 Å². The number of carbonyl (C=O) groups is 1. The maximum Gasteiger partial charge on any atom is 0.272 e. The Labute approximate surface area is 159 Å². The van der Waals surface area contributed by atoms with Crippen molar-refractivity contribution in [1.29, 1.82) is 0 Å². The first-order valence-electron chi connectivity index (χ1n) is 8.91. The molecule has 5 heteroatoms.